The molecule has 2 bridgehead atoms. The van der Waals surface area contributed by atoms with Crippen molar-refractivity contribution in [2.24, 2.45) is 5.92 Å². The Morgan fingerprint density at radius 3 is 2.17 bits per heavy atom. The van der Waals surface area contributed by atoms with Crippen LogP contribution >= 0.6 is 0 Å². The molecule has 6 rings (SSSR count). The van der Waals surface area contributed by atoms with E-state index in [1.165, 1.54) is 22.3 Å². The highest BCUT2D eigenvalue weighted by atomic mass is 16.3. The molecule has 0 saturated carbocycles. The van der Waals surface area contributed by atoms with E-state index in [0.29, 0.717) is 12.3 Å². The molecule has 1 fully saturated rings. The Morgan fingerprint density at radius 1 is 0.900 bits per heavy atom. The molecule has 30 heavy (non-hydrogen) atoms. The van der Waals surface area contributed by atoms with E-state index in [0.717, 1.165) is 38.0 Å². The molecule has 2 N–H and O–H groups in total. The molecule has 0 radical (unpaired) electrons. The summed E-state index contributed by atoms with van der Waals surface area (Å²) in [4.78, 5) is 4.69. The Balaban J connectivity index is 1.53. The second-order valence-corrected chi connectivity index (χ2v) is 9.35. The average Bonchev–Trinajstić information content (AvgIpc) is 3.32. The van der Waals surface area contributed by atoms with Gasteiger partial charge in [0.1, 0.15) is 5.60 Å². The second-order valence-electron chi connectivity index (χ2n) is 9.35. The average molecular weight is 397 g/mol. The molecule has 1 saturated heterocycles. The zero-order valence-electron chi connectivity index (χ0n) is 17.2. The molecule has 2 aromatic carbocycles. The third kappa shape index (κ3) is 2.49. The van der Waals surface area contributed by atoms with Gasteiger partial charge in [0.25, 0.3) is 0 Å². The van der Waals surface area contributed by atoms with Crippen LogP contribution in [0.5, 0.6) is 0 Å². The summed E-state index contributed by atoms with van der Waals surface area (Å²) in [5.74, 6) is 0.653. The van der Waals surface area contributed by atoms with E-state index in [2.05, 4.69) is 58.8 Å². The molecule has 3 aliphatic rings. The molecule has 0 spiro atoms. The standard InChI is InChI=1S/C27H28N2O/c30-27(19-12-15-28-16-13-19,25-11-5-6-14-29-25)18-26-17-22(20-7-1-3-9-23(20)26)21-8-2-4-10-24(21)26/h1-11,14,19,22,28,30H,12-13,15-18H2. The smallest absolute Gasteiger partial charge is 0.111 e. The number of benzene rings is 2. The number of nitrogens with zero attached hydrogens (tertiary/aromatic N) is 1. The van der Waals surface area contributed by atoms with Crippen LogP contribution in [0.1, 0.15) is 59.5 Å². The van der Waals surface area contributed by atoms with E-state index in [1.54, 1.807) is 0 Å². The maximum absolute atomic E-state index is 12.4. The van der Waals surface area contributed by atoms with Crippen LogP contribution in [0, 0.1) is 5.92 Å². The number of aromatic nitrogens is 1. The van der Waals surface area contributed by atoms with E-state index >= 15 is 0 Å². The van der Waals surface area contributed by atoms with Gasteiger partial charge in [-0.2, -0.15) is 0 Å². The molecule has 1 atom stereocenters. The van der Waals surface area contributed by atoms with Crippen molar-refractivity contribution in [3.63, 3.8) is 0 Å². The third-order valence-electron chi connectivity index (χ3n) is 7.95. The first-order valence-electron chi connectivity index (χ1n) is 11.3. The lowest BCUT2D eigenvalue weighted by Crippen LogP contribution is -2.46. The second kappa shape index (κ2) is 6.76. The SMILES string of the molecule is OC(CC12CC(c3ccccc31)c1ccccc12)(c1ccccn1)C1CCNCC1. The first-order valence-corrected chi connectivity index (χ1v) is 11.3. The zero-order chi connectivity index (χ0) is 20.2. The molecular weight excluding hydrogens is 368 g/mol. The van der Waals surface area contributed by atoms with Crippen LogP contribution in [0.2, 0.25) is 0 Å². The molecule has 3 aromatic rings. The first-order chi connectivity index (χ1) is 14.7. The lowest BCUT2D eigenvalue weighted by Gasteiger charge is -2.44. The summed E-state index contributed by atoms with van der Waals surface area (Å²) in [5.41, 5.74) is 5.47. The topological polar surface area (TPSA) is 45.2 Å². The number of hydrogen-bond acceptors (Lipinski definition) is 3. The van der Waals surface area contributed by atoms with E-state index in [-0.39, 0.29) is 11.3 Å². The molecule has 2 heterocycles. The monoisotopic (exact) mass is 396 g/mol. The van der Waals surface area contributed by atoms with Crippen molar-refractivity contribution >= 4 is 0 Å². The van der Waals surface area contributed by atoms with Crippen molar-refractivity contribution in [3.8, 4) is 0 Å². The summed E-state index contributed by atoms with van der Waals surface area (Å²) in [7, 11) is 0. The van der Waals surface area contributed by atoms with Crippen LogP contribution in [-0.2, 0) is 11.0 Å². The fourth-order valence-corrected chi connectivity index (χ4v) is 6.66. The van der Waals surface area contributed by atoms with Gasteiger partial charge in [0, 0.05) is 17.5 Å². The largest absolute Gasteiger partial charge is 0.383 e. The number of piperidine rings is 1. The van der Waals surface area contributed by atoms with Gasteiger partial charge in [-0.05, 0) is 79.1 Å². The fourth-order valence-electron chi connectivity index (χ4n) is 6.66. The van der Waals surface area contributed by atoms with Crippen LogP contribution in [0.15, 0.2) is 72.9 Å². The van der Waals surface area contributed by atoms with Gasteiger partial charge in [-0.15, -0.1) is 0 Å². The van der Waals surface area contributed by atoms with E-state index in [4.69, 9.17) is 0 Å². The van der Waals surface area contributed by atoms with E-state index in [9.17, 15) is 5.11 Å². The van der Waals surface area contributed by atoms with Gasteiger partial charge in [0.2, 0.25) is 0 Å². The predicted molar refractivity (Wildman–Crippen MR) is 118 cm³/mol. The predicted octanol–water partition coefficient (Wildman–Crippen LogP) is 4.49. The summed E-state index contributed by atoms with van der Waals surface area (Å²) in [5, 5.41) is 15.9. The lowest BCUT2D eigenvalue weighted by atomic mass is 9.64. The quantitative estimate of drug-likeness (QED) is 0.683. The Morgan fingerprint density at radius 2 is 1.53 bits per heavy atom. The van der Waals surface area contributed by atoms with Crippen molar-refractivity contribution in [2.45, 2.75) is 42.6 Å². The van der Waals surface area contributed by atoms with Gasteiger partial charge in [0.05, 0.1) is 5.69 Å². The molecule has 3 heteroatoms. The Bertz CT molecular complexity index is 1030. The third-order valence-corrected chi connectivity index (χ3v) is 7.95. The minimum atomic E-state index is -0.942. The molecule has 3 nitrogen and oxygen atoms in total. The van der Waals surface area contributed by atoms with Crippen LogP contribution in [0.3, 0.4) is 0 Å². The summed E-state index contributed by atoms with van der Waals surface area (Å²) in [6.45, 7) is 1.92. The summed E-state index contributed by atoms with van der Waals surface area (Å²) in [6.07, 6.45) is 5.55. The molecule has 0 amide bonds. The Kier molecular flexibility index (Phi) is 4.12. The molecule has 1 aliphatic heterocycles. The highest BCUT2D eigenvalue weighted by molar-refractivity contribution is 5.63. The Labute approximate surface area is 178 Å². The number of nitrogens with one attached hydrogen (secondary N) is 1. The molecular formula is C27H28N2O. The maximum Gasteiger partial charge on any atom is 0.111 e. The minimum Gasteiger partial charge on any atom is -0.383 e. The number of pyridine rings is 1. The van der Waals surface area contributed by atoms with Crippen LogP contribution in [-0.4, -0.2) is 23.2 Å². The summed E-state index contributed by atoms with van der Waals surface area (Å²) in [6, 6.07) is 23.8. The number of rotatable bonds is 4. The molecule has 152 valence electrons. The zero-order valence-corrected chi connectivity index (χ0v) is 17.2. The van der Waals surface area contributed by atoms with Crippen molar-refractivity contribution in [2.75, 3.05) is 13.1 Å². The molecule has 1 aromatic heterocycles. The van der Waals surface area contributed by atoms with E-state index < -0.39 is 5.60 Å². The van der Waals surface area contributed by atoms with Crippen LogP contribution < -0.4 is 5.32 Å². The highest BCUT2D eigenvalue weighted by Crippen LogP contribution is 2.64. The minimum absolute atomic E-state index is 0.144. The normalized spacial score (nSPS) is 26.8. The summed E-state index contributed by atoms with van der Waals surface area (Å²) >= 11 is 0. The van der Waals surface area contributed by atoms with Gasteiger partial charge < -0.3 is 10.4 Å². The van der Waals surface area contributed by atoms with Crippen molar-refractivity contribution in [3.05, 3.63) is 101 Å². The molecule has 2 aliphatic carbocycles. The lowest BCUT2D eigenvalue weighted by molar-refractivity contribution is -0.0599. The van der Waals surface area contributed by atoms with Gasteiger partial charge >= 0.3 is 0 Å². The van der Waals surface area contributed by atoms with Crippen LogP contribution in [0.25, 0.3) is 0 Å². The fraction of sp³-hybridized carbons (Fsp3) is 0.370. The van der Waals surface area contributed by atoms with E-state index in [1.807, 2.05) is 24.4 Å². The highest BCUT2D eigenvalue weighted by Gasteiger charge is 2.57. The molecule has 1 unspecified atom stereocenters. The number of aliphatic hydroxyl groups is 1. The van der Waals surface area contributed by atoms with Crippen molar-refractivity contribution in [1.82, 2.24) is 10.3 Å². The summed E-state index contributed by atoms with van der Waals surface area (Å²) < 4.78 is 0. The van der Waals surface area contributed by atoms with Crippen molar-refractivity contribution < 1.29 is 5.11 Å². The Hall–Kier alpha value is -2.49. The maximum atomic E-state index is 12.4. The first kappa shape index (κ1) is 18.3. The van der Waals surface area contributed by atoms with Gasteiger partial charge in [-0.1, -0.05) is 54.6 Å². The van der Waals surface area contributed by atoms with Gasteiger partial charge in [0.15, 0.2) is 0 Å². The van der Waals surface area contributed by atoms with Gasteiger partial charge in [-0.25, -0.2) is 0 Å². The van der Waals surface area contributed by atoms with Crippen LogP contribution in [0.4, 0.5) is 0 Å². The number of fused-ring (bicyclic) bond motifs is 8. The van der Waals surface area contributed by atoms with Gasteiger partial charge in [-0.3, -0.25) is 4.98 Å². The van der Waals surface area contributed by atoms with Crippen molar-refractivity contribution in [1.29, 1.82) is 0 Å². The number of hydrogen-bond donors (Lipinski definition) is 2.